The van der Waals surface area contributed by atoms with Gasteiger partial charge in [0.05, 0.1) is 11.4 Å². The molecule has 0 saturated heterocycles. The maximum absolute atomic E-state index is 10.2. The van der Waals surface area contributed by atoms with Crippen molar-refractivity contribution in [3.8, 4) is 0 Å². The molecule has 0 aliphatic rings. The molecule has 0 bridgehead atoms. The number of carbonyl (C=O) groups is 1. The monoisotopic (exact) mass is 238 g/mol. The van der Waals surface area contributed by atoms with E-state index in [0.29, 0.717) is 23.9 Å². The molecular formula is C12H22N4O. The van der Waals surface area contributed by atoms with Crippen molar-refractivity contribution in [1.29, 1.82) is 5.41 Å². The molecule has 0 spiro atoms. The highest BCUT2D eigenvalue weighted by molar-refractivity contribution is 6.47. The summed E-state index contributed by atoms with van der Waals surface area (Å²) in [4.78, 5) is 10.2. The predicted molar refractivity (Wildman–Crippen MR) is 71.2 cm³/mol. The second kappa shape index (κ2) is 7.60. The Morgan fingerprint density at radius 3 is 2.29 bits per heavy atom. The largest absolute Gasteiger partial charge is 0.388 e. The fraction of sp³-hybridized carbons (Fsp3) is 0.583. The average Bonchev–Trinajstić information content (AvgIpc) is 2.25. The number of carbonyl (C=O) groups excluding carboxylic acids is 1. The van der Waals surface area contributed by atoms with Crippen LogP contribution >= 0.6 is 0 Å². The van der Waals surface area contributed by atoms with Crippen molar-refractivity contribution in [3.63, 3.8) is 0 Å². The molecule has 17 heavy (non-hydrogen) atoms. The van der Waals surface area contributed by atoms with E-state index in [9.17, 15) is 4.79 Å². The highest BCUT2D eigenvalue weighted by atomic mass is 16.1. The van der Waals surface area contributed by atoms with Gasteiger partial charge in [-0.25, -0.2) is 5.43 Å². The Labute approximate surface area is 103 Å². The lowest BCUT2D eigenvalue weighted by Crippen LogP contribution is -2.25. The maximum Gasteiger partial charge on any atom is 0.227 e. The van der Waals surface area contributed by atoms with E-state index in [4.69, 9.17) is 5.41 Å². The van der Waals surface area contributed by atoms with Crippen molar-refractivity contribution >= 4 is 17.8 Å². The quantitative estimate of drug-likeness (QED) is 0.358. The molecule has 5 nitrogen and oxygen atoms in total. The number of amides is 1. The Morgan fingerprint density at radius 1 is 1.29 bits per heavy atom. The van der Waals surface area contributed by atoms with Crippen LogP contribution in [-0.2, 0) is 4.79 Å². The van der Waals surface area contributed by atoms with Gasteiger partial charge in [0.2, 0.25) is 6.41 Å². The van der Waals surface area contributed by atoms with E-state index in [1.165, 1.54) is 0 Å². The van der Waals surface area contributed by atoms with Gasteiger partial charge in [0.1, 0.15) is 0 Å². The molecule has 5 heteroatoms. The zero-order valence-corrected chi connectivity index (χ0v) is 11.2. The first kappa shape index (κ1) is 15.3. The Kier molecular flexibility index (Phi) is 6.86. The van der Waals surface area contributed by atoms with Crippen LogP contribution in [0.3, 0.4) is 0 Å². The molecule has 0 aliphatic heterocycles. The Morgan fingerprint density at radius 2 is 1.88 bits per heavy atom. The number of hydrazone groups is 1. The van der Waals surface area contributed by atoms with Crippen LogP contribution in [0.5, 0.6) is 0 Å². The van der Waals surface area contributed by atoms with E-state index in [1.807, 2.05) is 34.6 Å². The predicted octanol–water partition coefficient (Wildman–Crippen LogP) is 1.67. The number of hydrogen-bond donors (Lipinski definition) is 3. The summed E-state index contributed by atoms with van der Waals surface area (Å²) in [6, 6.07) is 0.324. The first-order valence-electron chi connectivity index (χ1n) is 5.69. The molecule has 3 N–H and O–H groups in total. The van der Waals surface area contributed by atoms with E-state index in [2.05, 4.69) is 15.8 Å². The third-order valence-electron chi connectivity index (χ3n) is 2.07. The van der Waals surface area contributed by atoms with Gasteiger partial charge in [-0.15, -0.1) is 0 Å². The van der Waals surface area contributed by atoms with Gasteiger partial charge in [0, 0.05) is 12.2 Å². The van der Waals surface area contributed by atoms with Crippen LogP contribution < -0.4 is 10.7 Å². The Bertz CT molecular complexity index is 329. The summed E-state index contributed by atoms with van der Waals surface area (Å²) < 4.78 is 0. The van der Waals surface area contributed by atoms with Gasteiger partial charge in [-0.1, -0.05) is 13.8 Å². The first-order chi connectivity index (χ1) is 7.90. The standard InChI is InChI=1S/C12H22N4O/c1-8(2)12(16-15-7-17)11(13)10(5)6-14-9(3)4/h6-9,13-14H,1-5H3,(H,15,17)/b10-6-,13-11?,16-12-. The number of rotatable bonds is 7. The normalized spacial score (nSPS) is 12.9. The molecule has 0 aromatic heterocycles. The van der Waals surface area contributed by atoms with Gasteiger partial charge in [0.15, 0.2) is 0 Å². The van der Waals surface area contributed by atoms with E-state index >= 15 is 0 Å². The number of hydrogen-bond acceptors (Lipinski definition) is 4. The molecule has 0 fully saturated rings. The van der Waals surface area contributed by atoms with E-state index < -0.39 is 0 Å². The van der Waals surface area contributed by atoms with Crippen LogP contribution in [0.15, 0.2) is 16.9 Å². The molecule has 0 saturated carbocycles. The molecule has 1 amide bonds. The lowest BCUT2D eigenvalue weighted by molar-refractivity contribution is -0.109. The second-order valence-corrected chi connectivity index (χ2v) is 4.42. The van der Waals surface area contributed by atoms with Crippen LogP contribution in [0.25, 0.3) is 0 Å². The van der Waals surface area contributed by atoms with Crippen molar-refractivity contribution in [1.82, 2.24) is 10.7 Å². The summed E-state index contributed by atoms with van der Waals surface area (Å²) in [7, 11) is 0. The molecule has 96 valence electrons. The molecule has 0 aliphatic carbocycles. The molecular weight excluding hydrogens is 216 g/mol. The van der Waals surface area contributed by atoms with Gasteiger partial charge in [-0.05, 0) is 32.3 Å². The third-order valence-corrected chi connectivity index (χ3v) is 2.07. The molecule has 0 radical (unpaired) electrons. The van der Waals surface area contributed by atoms with Gasteiger partial charge < -0.3 is 5.32 Å². The minimum Gasteiger partial charge on any atom is -0.388 e. The summed E-state index contributed by atoms with van der Waals surface area (Å²) in [6.07, 6.45) is 2.30. The van der Waals surface area contributed by atoms with Crippen molar-refractivity contribution in [2.75, 3.05) is 0 Å². The van der Waals surface area contributed by atoms with E-state index in [0.717, 1.165) is 5.57 Å². The SMILES string of the molecule is C/C(=C/NC(C)C)C(=N)/C(=N\NC=O)C(C)C. The van der Waals surface area contributed by atoms with Crippen molar-refractivity contribution in [2.45, 2.75) is 40.7 Å². The minimum atomic E-state index is 0.0809. The molecule has 0 heterocycles. The van der Waals surface area contributed by atoms with Gasteiger partial charge >= 0.3 is 0 Å². The average molecular weight is 238 g/mol. The lowest BCUT2D eigenvalue weighted by atomic mass is 9.99. The molecule has 0 unspecified atom stereocenters. The Hall–Kier alpha value is -1.65. The highest BCUT2D eigenvalue weighted by Gasteiger charge is 2.13. The van der Waals surface area contributed by atoms with Crippen LogP contribution in [0.2, 0.25) is 0 Å². The molecule has 0 aromatic carbocycles. The van der Waals surface area contributed by atoms with Gasteiger partial charge in [-0.2, -0.15) is 5.10 Å². The smallest absolute Gasteiger partial charge is 0.227 e. The topological polar surface area (TPSA) is 77.3 Å². The molecule has 0 aromatic rings. The van der Waals surface area contributed by atoms with Crippen LogP contribution in [0.1, 0.15) is 34.6 Å². The maximum atomic E-state index is 10.2. The number of nitrogens with zero attached hydrogens (tertiary/aromatic N) is 1. The zero-order valence-electron chi connectivity index (χ0n) is 11.2. The summed E-state index contributed by atoms with van der Waals surface area (Å²) in [6.45, 7) is 9.76. The van der Waals surface area contributed by atoms with Crippen molar-refractivity contribution < 1.29 is 4.79 Å². The van der Waals surface area contributed by atoms with Crippen LogP contribution in [0.4, 0.5) is 0 Å². The zero-order chi connectivity index (χ0) is 13.4. The van der Waals surface area contributed by atoms with Gasteiger partial charge in [0.25, 0.3) is 0 Å². The first-order valence-corrected chi connectivity index (χ1v) is 5.69. The highest BCUT2D eigenvalue weighted by Crippen LogP contribution is 2.05. The fourth-order valence-corrected chi connectivity index (χ4v) is 1.14. The summed E-state index contributed by atoms with van der Waals surface area (Å²) >= 11 is 0. The lowest BCUT2D eigenvalue weighted by Gasteiger charge is -2.12. The summed E-state index contributed by atoms with van der Waals surface area (Å²) in [5.74, 6) is 0.0809. The molecule has 0 rings (SSSR count). The summed E-state index contributed by atoms with van der Waals surface area (Å²) in [5, 5.41) is 15.0. The van der Waals surface area contributed by atoms with Crippen LogP contribution in [0, 0.1) is 11.3 Å². The number of allylic oxidation sites excluding steroid dienone is 1. The van der Waals surface area contributed by atoms with Crippen LogP contribution in [-0.4, -0.2) is 23.9 Å². The Balaban J connectivity index is 4.84. The van der Waals surface area contributed by atoms with Crippen molar-refractivity contribution in [2.24, 2.45) is 11.0 Å². The molecule has 0 atom stereocenters. The van der Waals surface area contributed by atoms with Crippen molar-refractivity contribution in [3.05, 3.63) is 11.8 Å². The second-order valence-electron chi connectivity index (χ2n) is 4.42. The fourth-order valence-electron chi connectivity index (χ4n) is 1.14. The van der Waals surface area contributed by atoms with Gasteiger partial charge in [-0.3, -0.25) is 10.2 Å². The van der Waals surface area contributed by atoms with E-state index in [1.54, 1.807) is 6.20 Å². The van der Waals surface area contributed by atoms with E-state index in [-0.39, 0.29) is 5.92 Å². The number of nitrogens with one attached hydrogen (secondary N) is 3. The summed E-state index contributed by atoms with van der Waals surface area (Å²) in [5.41, 5.74) is 3.94. The minimum absolute atomic E-state index is 0.0809. The third kappa shape index (κ3) is 5.85.